The first-order valence-corrected chi connectivity index (χ1v) is 5.26. The van der Waals surface area contributed by atoms with Gasteiger partial charge < -0.3 is 0 Å². The minimum Gasteiger partial charge on any atom is -0.292 e. The zero-order chi connectivity index (χ0) is 11.4. The lowest BCUT2D eigenvalue weighted by Gasteiger charge is -2.03. The SMILES string of the molecule is Br.Cc1cccnc1C(=O)Cc1ccccc1. The van der Waals surface area contributed by atoms with Crippen LogP contribution in [-0.2, 0) is 6.42 Å². The van der Waals surface area contributed by atoms with Crippen LogP contribution in [0.2, 0.25) is 0 Å². The first-order chi connectivity index (χ1) is 7.77. The standard InChI is InChI=1S/C14H13NO.BrH/c1-11-6-5-9-15-14(11)13(16)10-12-7-3-2-4-8-12;/h2-9H,10H2,1H3;1H. The number of aryl methyl sites for hydroxylation is 1. The second kappa shape index (κ2) is 6.30. The summed E-state index contributed by atoms with van der Waals surface area (Å²) in [6, 6.07) is 13.5. The maximum absolute atomic E-state index is 12.0. The van der Waals surface area contributed by atoms with Gasteiger partial charge in [-0.3, -0.25) is 9.78 Å². The highest BCUT2D eigenvalue weighted by molar-refractivity contribution is 8.93. The van der Waals surface area contributed by atoms with E-state index in [1.54, 1.807) is 6.20 Å². The number of hydrogen-bond donors (Lipinski definition) is 0. The van der Waals surface area contributed by atoms with Crippen LogP contribution < -0.4 is 0 Å². The van der Waals surface area contributed by atoms with Gasteiger partial charge in [-0.05, 0) is 24.1 Å². The van der Waals surface area contributed by atoms with Gasteiger partial charge in [0.15, 0.2) is 5.78 Å². The highest BCUT2D eigenvalue weighted by Crippen LogP contribution is 2.08. The lowest BCUT2D eigenvalue weighted by molar-refractivity contribution is 0.0987. The molecule has 17 heavy (non-hydrogen) atoms. The maximum atomic E-state index is 12.0. The largest absolute Gasteiger partial charge is 0.292 e. The van der Waals surface area contributed by atoms with Gasteiger partial charge in [0.1, 0.15) is 5.69 Å². The molecule has 2 aromatic rings. The van der Waals surface area contributed by atoms with E-state index in [1.165, 1.54) is 0 Å². The summed E-state index contributed by atoms with van der Waals surface area (Å²) in [5.41, 5.74) is 2.53. The molecule has 0 aliphatic rings. The van der Waals surface area contributed by atoms with Crippen molar-refractivity contribution in [3.63, 3.8) is 0 Å². The Morgan fingerprint density at radius 3 is 2.47 bits per heavy atom. The third-order valence-electron chi connectivity index (χ3n) is 2.48. The third-order valence-corrected chi connectivity index (χ3v) is 2.48. The Kier molecular flexibility index (Phi) is 5.04. The Labute approximate surface area is 111 Å². The van der Waals surface area contributed by atoms with E-state index in [2.05, 4.69) is 4.98 Å². The topological polar surface area (TPSA) is 30.0 Å². The van der Waals surface area contributed by atoms with Gasteiger partial charge in [0.25, 0.3) is 0 Å². The van der Waals surface area contributed by atoms with Crippen molar-refractivity contribution in [2.75, 3.05) is 0 Å². The molecule has 1 aromatic carbocycles. The van der Waals surface area contributed by atoms with Crippen LogP contribution in [0, 0.1) is 6.92 Å². The molecule has 1 aromatic heterocycles. The Morgan fingerprint density at radius 1 is 1.12 bits per heavy atom. The molecular weight excluding hydrogens is 278 g/mol. The molecule has 0 spiro atoms. The van der Waals surface area contributed by atoms with Crippen molar-refractivity contribution in [1.82, 2.24) is 4.98 Å². The summed E-state index contributed by atoms with van der Waals surface area (Å²) >= 11 is 0. The van der Waals surface area contributed by atoms with Gasteiger partial charge in [-0.15, -0.1) is 17.0 Å². The molecule has 0 amide bonds. The van der Waals surface area contributed by atoms with Crippen LogP contribution in [-0.4, -0.2) is 10.8 Å². The average Bonchev–Trinajstić information content (AvgIpc) is 2.31. The Morgan fingerprint density at radius 2 is 1.82 bits per heavy atom. The fraction of sp³-hybridized carbons (Fsp3) is 0.143. The minimum absolute atomic E-state index is 0. The van der Waals surface area contributed by atoms with Crippen LogP contribution in [0.5, 0.6) is 0 Å². The highest BCUT2D eigenvalue weighted by Gasteiger charge is 2.10. The van der Waals surface area contributed by atoms with Crippen molar-refractivity contribution in [3.05, 3.63) is 65.5 Å². The minimum atomic E-state index is 0. The molecule has 0 saturated heterocycles. The molecule has 0 saturated carbocycles. The molecule has 1 heterocycles. The Hall–Kier alpha value is -1.48. The lowest BCUT2D eigenvalue weighted by Crippen LogP contribution is -2.07. The van der Waals surface area contributed by atoms with Gasteiger partial charge in [0, 0.05) is 12.6 Å². The number of rotatable bonds is 3. The second-order valence-corrected chi connectivity index (χ2v) is 3.75. The molecule has 88 valence electrons. The number of aromatic nitrogens is 1. The Bertz CT molecular complexity index is 497. The van der Waals surface area contributed by atoms with Crippen LogP contribution in [0.15, 0.2) is 48.7 Å². The van der Waals surface area contributed by atoms with E-state index in [1.807, 2.05) is 49.4 Å². The molecular formula is C14H14BrNO. The van der Waals surface area contributed by atoms with Crippen LogP contribution >= 0.6 is 17.0 Å². The van der Waals surface area contributed by atoms with E-state index in [9.17, 15) is 4.79 Å². The number of hydrogen-bond acceptors (Lipinski definition) is 2. The number of benzene rings is 1. The molecule has 0 aliphatic carbocycles. The van der Waals surface area contributed by atoms with Gasteiger partial charge >= 0.3 is 0 Å². The zero-order valence-electron chi connectivity index (χ0n) is 9.59. The van der Waals surface area contributed by atoms with Crippen LogP contribution in [0.1, 0.15) is 21.6 Å². The monoisotopic (exact) mass is 291 g/mol. The van der Waals surface area contributed by atoms with Crippen molar-refractivity contribution < 1.29 is 4.79 Å². The van der Waals surface area contributed by atoms with E-state index in [0.717, 1.165) is 11.1 Å². The lowest BCUT2D eigenvalue weighted by atomic mass is 10.0. The van der Waals surface area contributed by atoms with E-state index < -0.39 is 0 Å². The third kappa shape index (κ3) is 3.49. The van der Waals surface area contributed by atoms with Crippen LogP contribution in [0.4, 0.5) is 0 Å². The first-order valence-electron chi connectivity index (χ1n) is 5.26. The summed E-state index contributed by atoms with van der Waals surface area (Å²) in [5.74, 6) is 0.0734. The van der Waals surface area contributed by atoms with Gasteiger partial charge in [0.05, 0.1) is 0 Å². The molecule has 3 heteroatoms. The molecule has 0 unspecified atom stereocenters. The molecule has 0 fully saturated rings. The smallest absolute Gasteiger partial charge is 0.185 e. The molecule has 0 N–H and O–H groups in total. The first kappa shape index (κ1) is 13.6. The van der Waals surface area contributed by atoms with Gasteiger partial charge in [0.2, 0.25) is 0 Å². The predicted molar refractivity (Wildman–Crippen MR) is 73.8 cm³/mol. The van der Waals surface area contributed by atoms with E-state index in [4.69, 9.17) is 0 Å². The number of carbonyl (C=O) groups is 1. The highest BCUT2D eigenvalue weighted by atomic mass is 79.9. The summed E-state index contributed by atoms with van der Waals surface area (Å²) in [7, 11) is 0. The molecule has 0 aliphatic heterocycles. The summed E-state index contributed by atoms with van der Waals surface area (Å²) in [6.45, 7) is 1.91. The van der Waals surface area contributed by atoms with E-state index in [0.29, 0.717) is 12.1 Å². The second-order valence-electron chi connectivity index (χ2n) is 3.75. The fourth-order valence-corrected chi connectivity index (χ4v) is 1.64. The number of nitrogens with zero attached hydrogens (tertiary/aromatic N) is 1. The zero-order valence-corrected chi connectivity index (χ0v) is 11.3. The molecule has 0 atom stereocenters. The van der Waals surface area contributed by atoms with Crippen molar-refractivity contribution in [2.24, 2.45) is 0 Å². The maximum Gasteiger partial charge on any atom is 0.185 e. The molecule has 2 rings (SSSR count). The van der Waals surface area contributed by atoms with Crippen molar-refractivity contribution in [2.45, 2.75) is 13.3 Å². The van der Waals surface area contributed by atoms with Crippen molar-refractivity contribution >= 4 is 22.8 Å². The Balaban J connectivity index is 0.00000144. The van der Waals surface area contributed by atoms with Crippen LogP contribution in [0.25, 0.3) is 0 Å². The molecule has 2 nitrogen and oxygen atoms in total. The molecule has 0 bridgehead atoms. The fourth-order valence-electron chi connectivity index (χ4n) is 1.64. The van der Waals surface area contributed by atoms with E-state index >= 15 is 0 Å². The summed E-state index contributed by atoms with van der Waals surface area (Å²) in [6.07, 6.45) is 2.07. The summed E-state index contributed by atoms with van der Waals surface area (Å²) in [4.78, 5) is 16.1. The number of halogens is 1. The molecule has 0 radical (unpaired) electrons. The van der Waals surface area contributed by atoms with Gasteiger partial charge in [-0.25, -0.2) is 0 Å². The van der Waals surface area contributed by atoms with Gasteiger partial charge in [-0.2, -0.15) is 0 Å². The average molecular weight is 292 g/mol. The summed E-state index contributed by atoms with van der Waals surface area (Å²) in [5, 5.41) is 0. The summed E-state index contributed by atoms with van der Waals surface area (Å²) < 4.78 is 0. The quantitative estimate of drug-likeness (QED) is 0.812. The van der Waals surface area contributed by atoms with Crippen LogP contribution in [0.3, 0.4) is 0 Å². The number of pyridine rings is 1. The van der Waals surface area contributed by atoms with E-state index in [-0.39, 0.29) is 22.8 Å². The van der Waals surface area contributed by atoms with Crippen molar-refractivity contribution in [1.29, 1.82) is 0 Å². The van der Waals surface area contributed by atoms with Gasteiger partial charge in [-0.1, -0.05) is 36.4 Å². The number of carbonyl (C=O) groups excluding carboxylic acids is 1. The van der Waals surface area contributed by atoms with Crippen molar-refractivity contribution in [3.8, 4) is 0 Å². The normalized spacial score (nSPS) is 9.47. The predicted octanol–water partition coefficient (Wildman–Crippen LogP) is 3.39. The number of ketones is 1. The number of Topliss-reactive ketones (excluding diaryl/α,β-unsaturated/α-hetero) is 1.